The molecular formula is C23H27N5O. The molecule has 2 heterocycles. The molecule has 0 aliphatic carbocycles. The highest BCUT2D eigenvalue weighted by molar-refractivity contribution is 5.75. The summed E-state index contributed by atoms with van der Waals surface area (Å²) in [5, 5.41) is 6.89. The molecule has 1 aliphatic rings. The summed E-state index contributed by atoms with van der Waals surface area (Å²) in [7, 11) is 0. The zero-order valence-corrected chi connectivity index (χ0v) is 17.0. The van der Waals surface area contributed by atoms with Gasteiger partial charge in [0.2, 0.25) is 0 Å². The van der Waals surface area contributed by atoms with Gasteiger partial charge in [-0.3, -0.25) is 0 Å². The molecule has 4 rings (SSSR count). The molecule has 6 nitrogen and oxygen atoms in total. The first kappa shape index (κ1) is 19.2. The zero-order chi connectivity index (χ0) is 20.1. The average molecular weight is 390 g/mol. The number of hydrogen-bond donors (Lipinski definition) is 2. The molecule has 2 N–H and O–H groups in total. The van der Waals surface area contributed by atoms with Crippen molar-refractivity contribution in [2.45, 2.75) is 20.4 Å². The normalized spacial score (nSPS) is 13.9. The fourth-order valence-corrected chi connectivity index (χ4v) is 3.42. The van der Waals surface area contributed by atoms with Gasteiger partial charge in [0.25, 0.3) is 0 Å². The topological polar surface area (TPSA) is 62.3 Å². The van der Waals surface area contributed by atoms with E-state index in [9.17, 15) is 0 Å². The number of benzene rings is 2. The lowest BCUT2D eigenvalue weighted by molar-refractivity contribution is 0.123. The van der Waals surface area contributed by atoms with E-state index >= 15 is 0 Å². The molecule has 150 valence electrons. The molecule has 0 amide bonds. The summed E-state index contributed by atoms with van der Waals surface area (Å²) in [5.74, 6) is 2.32. The molecule has 1 aliphatic heterocycles. The van der Waals surface area contributed by atoms with E-state index < -0.39 is 0 Å². The van der Waals surface area contributed by atoms with E-state index in [-0.39, 0.29) is 0 Å². The summed E-state index contributed by atoms with van der Waals surface area (Å²) in [6.07, 6.45) is 0. The minimum absolute atomic E-state index is 0.723. The highest BCUT2D eigenvalue weighted by atomic mass is 16.5. The van der Waals surface area contributed by atoms with Crippen LogP contribution in [0.5, 0.6) is 0 Å². The second kappa shape index (κ2) is 8.92. The number of morpholine rings is 1. The first-order chi connectivity index (χ1) is 14.2. The van der Waals surface area contributed by atoms with Crippen LogP contribution in [-0.2, 0) is 11.3 Å². The SMILES string of the molecule is Cc1ccc(CNc2cc(Nc3ccccc3N3CCOCC3)nc(C)n2)cc1. The van der Waals surface area contributed by atoms with Gasteiger partial charge in [0.05, 0.1) is 24.6 Å². The highest BCUT2D eigenvalue weighted by Crippen LogP contribution is 2.29. The van der Waals surface area contributed by atoms with Crippen LogP contribution in [0.1, 0.15) is 17.0 Å². The molecule has 3 aromatic rings. The Hall–Kier alpha value is -3.12. The molecule has 2 aromatic carbocycles. The fraction of sp³-hybridized carbons (Fsp3) is 0.304. The zero-order valence-electron chi connectivity index (χ0n) is 17.0. The summed E-state index contributed by atoms with van der Waals surface area (Å²) in [6, 6.07) is 18.8. The molecule has 29 heavy (non-hydrogen) atoms. The van der Waals surface area contributed by atoms with Gasteiger partial charge in [-0.25, -0.2) is 9.97 Å². The van der Waals surface area contributed by atoms with Crippen molar-refractivity contribution in [1.82, 2.24) is 9.97 Å². The fourth-order valence-electron chi connectivity index (χ4n) is 3.42. The van der Waals surface area contributed by atoms with Crippen molar-refractivity contribution in [1.29, 1.82) is 0 Å². The van der Waals surface area contributed by atoms with Crippen LogP contribution in [0.25, 0.3) is 0 Å². The Morgan fingerprint density at radius 2 is 1.66 bits per heavy atom. The quantitative estimate of drug-likeness (QED) is 0.656. The van der Waals surface area contributed by atoms with Gasteiger partial charge in [-0.05, 0) is 31.5 Å². The number of anilines is 4. The Morgan fingerprint density at radius 3 is 2.45 bits per heavy atom. The van der Waals surface area contributed by atoms with E-state index in [0.717, 1.165) is 56.0 Å². The minimum atomic E-state index is 0.723. The molecule has 1 fully saturated rings. The Bertz CT molecular complexity index is 952. The number of nitrogens with one attached hydrogen (secondary N) is 2. The van der Waals surface area contributed by atoms with Crippen LogP contribution in [0, 0.1) is 13.8 Å². The predicted molar refractivity (Wildman–Crippen MR) is 118 cm³/mol. The highest BCUT2D eigenvalue weighted by Gasteiger charge is 2.15. The van der Waals surface area contributed by atoms with Crippen LogP contribution in [0.15, 0.2) is 54.6 Å². The van der Waals surface area contributed by atoms with Gasteiger partial charge in [-0.2, -0.15) is 0 Å². The van der Waals surface area contributed by atoms with Gasteiger partial charge in [-0.15, -0.1) is 0 Å². The average Bonchev–Trinajstić information content (AvgIpc) is 2.74. The van der Waals surface area contributed by atoms with Crippen LogP contribution in [0.2, 0.25) is 0 Å². The molecule has 0 spiro atoms. The number of hydrogen-bond acceptors (Lipinski definition) is 6. The van der Waals surface area contributed by atoms with Gasteiger partial charge in [0, 0.05) is 25.7 Å². The van der Waals surface area contributed by atoms with E-state index in [1.54, 1.807) is 0 Å². The third-order valence-corrected chi connectivity index (χ3v) is 4.95. The van der Waals surface area contributed by atoms with Crippen molar-refractivity contribution in [3.8, 4) is 0 Å². The van der Waals surface area contributed by atoms with E-state index in [4.69, 9.17) is 4.74 Å². The lowest BCUT2D eigenvalue weighted by Gasteiger charge is -2.30. The lowest BCUT2D eigenvalue weighted by atomic mass is 10.1. The van der Waals surface area contributed by atoms with E-state index in [1.807, 2.05) is 19.1 Å². The molecule has 0 saturated carbocycles. The molecule has 0 bridgehead atoms. The number of nitrogens with zero attached hydrogens (tertiary/aromatic N) is 3. The van der Waals surface area contributed by atoms with Crippen molar-refractivity contribution < 1.29 is 4.74 Å². The minimum Gasteiger partial charge on any atom is -0.378 e. The molecule has 6 heteroatoms. The van der Waals surface area contributed by atoms with Crippen molar-refractivity contribution in [3.63, 3.8) is 0 Å². The maximum Gasteiger partial charge on any atom is 0.136 e. The summed E-state index contributed by atoms with van der Waals surface area (Å²) in [6.45, 7) is 8.03. The summed E-state index contributed by atoms with van der Waals surface area (Å²) in [5.41, 5.74) is 4.69. The standard InChI is InChI=1S/C23H27N5O/c1-17-7-9-19(10-8-17)16-24-22-15-23(26-18(2)25-22)27-20-5-3-4-6-21(20)28-11-13-29-14-12-28/h3-10,15H,11-14,16H2,1-2H3,(H2,24,25,26,27). The van der Waals surface area contributed by atoms with Crippen LogP contribution >= 0.6 is 0 Å². The van der Waals surface area contributed by atoms with E-state index in [2.05, 4.69) is 74.9 Å². The summed E-state index contributed by atoms with van der Waals surface area (Å²) >= 11 is 0. The molecule has 0 atom stereocenters. The third-order valence-electron chi connectivity index (χ3n) is 4.95. The maximum absolute atomic E-state index is 5.49. The van der Waals surface area contributed by atoms with Crippen LogP contribution in [0.3, 0.4) is 0 Å². The third kappa shape index (κ3) is 5.03. The Kier molecular flexibility index (Phi) is 5.91. The van der Waals surface area contributed by atoms with Crippen LogP contribution in [0.4, 0.5) is 23.0 Å². The van der Waals surface area contributed by atoms with Gasteiger partial charge < -0.3 is 20.3 Å². The number of aryl methyl sites for hydroxylation is 2. The molecule has 1 saturated heterocycles. The van der Waals surface area contributed by atoms with Gasteiger partial charge in [-0.1, -0.05) is 42.0 Å². The molecule has 0 radical (unpaired) electrons. The summed E-state index contributed by atoms with van der Waals surface area (Å²) < 4.78 is 5.49. The Balaban J connectivity index is 1.50. The van der Waals surface area contributed by atoms with Crippen LogP contribution < -0.4 is 15.5 Å². The first-order valence-electron chi connectivity index (χ1n) is 10.0. The maximum atomic E-state index is 5.49. The van der Waals surface area contributed by atoms with Crippen molar-refractivity contribution >= 4 is 23.0 Å². The first-order valence-corrected chi connectivity index (χ1v) is 10.0. The second-order valence-corrected chi connectivity index (χ2v) is 7.27. The van der Waals surface area contributed by atoms with E-state index in [1.165, 1.54) is 16.8 Å². The Labute approximate surface area is 172 Å². The lowest BCUT2D eigenvalue weighted by Crippen LogP contribution is -2.36. The number of ether oxygens (including phenoxy) is 1. The molecular weight excluding hydrogens is 362 g/mol. The predicted octanol–water partition coefficient (Wildman–Crippen LogP) is 4.29. The second-order valence-electron chi connectivity index (χ2n) is 7.27. The largest absolute Gasteiger partial charge is 0.378 e. The van der Waals surface area contributed by atoms with Crippen molar-refractivity contribution in [2.75, 3.05) is 41.8 Å². The smallest absolute Gasteiger partial charge is 0.136 e. The van der Waals surface area contributed by atoms with Gasteiger partial charge in [0.1, 0.15) is 17.5 Å². The monoisotopic (exact) mass is 389 g/mol. The molecule has 1 aromatic heterocycles. The van der Waals surface area contributed by atoms with Crippen LogP contribution in [-0.4, -0.2) is 36.3 Å². The van der Waals surface area contributed by atoms with Gasteiger partial charge >= 0.3 is 0 Å². The number of aromatic nitrogens is 2. The van der Waals surface area contributed by atoms with Gasteiger partial charge in [0.15, 0.2) is 0 Å². The van der Waals surface area contributed by atoms with Crippen molar-refractivity contribution in [2.24, 2.45) is 0 Å². The number of rotatable bonds is 6. The molecule has 0 unspecified atom stereocenters. The Morgan fingerprint density at radius 1 is 0.931 bits per heavy atom. The summed E-state index contributed by atoms with van der Waals surface area (Å²) in [4.78, 5) is 11.5. The number of para-hydroxylation sites is 2. The van der Waals surface area contributed by atoms with E-state index in [0.29, 0.717) is 0 Å². The van der Waals surface area contributed by atoms with Crippen molar-refractivity contribution in [3.05, 3.63) is 71.5 Å².